The molecule has 0 spiro atoms. The number of carbonyl (C=O) groups excluding carboxylic acids is 2. The molecule has 0 radical (unpaired) electrons. The van der Waals surface area contributed by atoms with Gasteiger partial charge in [-0.05, 0) is 25.1 Å². The fourth-order valence-corrected chi connectivity index (χ4v) is 2.92. The van der Waals surface area contributed by atoms with Gasteiger partial charge in [0.15, 0.2) is 0 Å². The average Bonchev–Trinajstić information content (AvgIpc) is 2.72. The van der Waals surface area contributed by atoms with Crippen LogP contribution in [0.2, 0.25) is 5.02 Å². The average molecular weight is 357 g/mol. The molecule has 0 bridgehead atoms. The lowest BCUT2D eigenvalue weighted by Crippen LogP contribution is -2.40. The summed E-state index contributed by atoms with van der Waals surface area (Å²) in [6, 6.07) is 13.4. The summed E-state index contributed by atoms with van der Waals surface area (Å²) in [5.74, 6) is -1.10. The first-order valence-electron chi connectivity index (χ1n) is 7.90. The molecule has 1 aliphatic heterocycles. The molecule has 1 aliphatic rings. The number of benzodiazepines with no additional fused rings is 1. The number of fused-ring (bicyclic) bond motifs is 1. The van der Waals surface area contributed by atoms with Gasteiger partial charge in [-0.15, -0.1) is 0 Å². The molecule has 5 nitrogen and oxygen atoms in total. The van der Waals surface area contributed by atoms with E-state index in [9.17, 15) is 9.59 Å². The van der Waals surface area contributed by atoms with E-state index in [1.807, 2.05) is 30.3 Å². The van der Waals surface area contributed by atoms with Crippen molar-refractivity contribution in [2.45, 2.75) is 13.0 Å². The van der Waals surface area contributed by atoms with Gasteiger partial charge in [0.05, 0.1) is 18.0 Å². The zero-order chi connectivity index (χ0) is 18.0. The van der Waals surface area contributed by atoms with Gasteiger partial charge in [-0.25, -0.2) is 4.79 Å². The van der Waals surface area contributed by atoms with Gasteiger partial charge in [-0.3, -0.25) is 9.79 Å². The second kappa shape index (κ2) is 7.07. The van der Waals surface area contributed by atoms with Gasteiger partial charge in [0, 0.05) is 23.2 Å². The third-order valence-electron chi connectivity index (χ3n) is 3.95. The Morgan fingerprint density at radius 2 is 1.96 bits per heavy atom. The number of benzene rings is 2. The number of esters is 1. The lowest BCUT2D eigenvalue weighted by atomic mass is 10.0. The van der Waals surface area contributed by atoms with E-state index in [1.165, 1.54) is 4.90 Å². The summed E-state index contributed by atoms with van der Waals surface area (Å²) in [4.78, 5) is 31.0. The maximum atomic E-state index is 12.8. The van der Waals surface area contributed by atoms with Crippen molar-refractivity contribution in [3.63, 3.8) is 0 Å². The van der Waals surface area contributed by atoms with Crippen LogP contribution in [0.25, 0.3) is 0 Å². The number of nitrogens with zero attached hydrogens (tertiary/aromatic N) is 2. The molecule has 6 heteroatoms. The normalized spacial score (nSPS) is 16.8. The highest BCUT2D eigenvalue weighted by Gasteiger charge is 2.35. The van der Waals surface area contributed by atoms with Crippen LogP contribution < -0.4 is 4.90 Å². The fourth-order valence-electron chi connectivity index (χ4n) is 2.75. The Bertz CT molecular complexity index is 849. The van der Waals surface area contributed by atoms with E-state index in [0.717, 1.165) is 5.56 Å². The molecule has 1 unspecified atom stereocenters. The van der Waals surface area contributed by atoms with Crippen molar-refractivity contribution in [2.75, 3.05) is 18.6 Å². The topological polar surface area (TPSA) is 59.0 Å². The summed E-state index contributed by atoms with van der Waals surface area (Å²) in [6.45, 7) is 1.88. The number of ether oxygens (including phenoxy) is 1. The summed E-state index contributed by atoms with van der Waals surface area (Å²) < 4.78 is 5.04. The van der Waals surface area contributed by atoms with Crippen LogP contribution in [0.4, 0.5) is 5.69 Å². The molecule has 2 aromatic rings. The molecule has 0 fully saturated rings. The number of carbonyl (C=O) groups is 2. The quantitative estimate of drug-likeness (QED) is 0.627. The summed E-state index contributed by atoms with van der Waals surface area (Å²) in [6.07, 6.45) is 0. The van der Waals surface area contributed by atoms with Crippen LogP contribution in [0.3, 0.4) is 0 Å². The second-order valence-electron chi connectivity index (χ2n) is 5.56. The van der Waals surface area contributed by atoms with Gasteiger partial charge >= 0.3 is 5.97 Å². The van der Waals surface area contributed by atoms with Crippen LogP contribution in [0.15, 0.2) is 53.5 Å². The third kappa shape index (κ3) is 3.28. The number of rotatable bonds is 3. The number of aliphatic imine (C=N–C) groups is 1. The Labute approximate surface area is 150 Å². The molecule has 3 rings (SSSR count). The SMILES string of the molecule is CCOC(=O)C1N=C(c2ccccc2)c2cc(Cl)ccc2N(C)C1=O. The maximum Gasteiger partial charge on any atom is 0.340 e. The van der Waals surface area contributed by atoms with E-state index in [2.05, 4.69) is 4.99 Å². The Hall–Kier alpha value is -2.66. The van der Waals surface area contributed by atoms with Crippen LogP contribution in [0.1, 0.15) is 18.1 Å². The molecule has 0 aliphatic carbocycles. The Balaban J connectivity index is 2.23. The van der Waals surface area contributed by atoms with Gasteiger partial charge in [-0.1, -0.05) is 41.9 Å². The predicted molar refractivity (Wildman–Crippen MR) is 97.4 cm³/mol. The van der Waals surface area contributed by atoms with Crippen molar-refractivity contribution >= 4 is 34.9 Å². The van der Waals surface area contributed by atoms with Crippen LogP contribution in [-0.2, 0) is 14.3 Å². The highest BCUT2D eigenvalue weighted by atomic mass is 35.5. The molecule has 0 saturated carbocycles. The number of hydrogen-bond donors (Lipinski definition) is 0. The first-order valence-corrected chi connectivity index (χ1v) is 8.28. The standard InChI is InChI=1S/C19H17ClN2O3/c1-3-25-19(24)17-18(23)22(2)15-10-9-13(20)11-14(15)16(21-17)12-7-5-4-6-8-12/h4-11,17H,3H2,1-2H3. The van der Waals surface area contributed by atoms with Crippen LogP contribution in [0, 0.1) is 0 Å². The van der Waals surface area contributed by atoms with Crippen molar-refractivity contribution < 1.29 is 14.3 Å². The molecule has 0 saturated heterocycles. The highest BCUT2D eigenvalue weighted by molar-refractivity contribution is 6.32. The number of amides is 1. The Morgan fingerprint density at radius 3 is 2.64 bits per heavy atom. The number of halogens is 1. The van der Waals surface area contributed by atoms with Crippen molar-refractivity contribution in [3.8, 4) is 0 Å². The number of hydrogen-bond acceptors (Lipinski definition) is 4. The first-order chi connectivity index (χ1) is 12.0. The number of likely N-dealkylation sites (N-methyl/N-ethyl adjacent to an activating group) is 1. The minimum atomic E-state index is -1.24. The van der Waals surface area contributed by atoms with Crippen molar-refractivity contribution in [3.05, 3.63) is 64.7 Å². The Kier molecular flexibility index (Phi) is 4.86. The smallest absolute Gasteiger partial charge is 0.340 e. The van der Waals surface area contributed by atoms with Crippen LogP contribution in [-0.4, -0.2) is 37.3 Å². The monoisotopic (exact) mass is 356 g/mol. The molecule has 0 aromatic heterocycles. The number of anilines is 1. The van der Waals surface area contributed by atoms with Gasteiger partial charge in [-0.2, -0.15) is 0 Å². The molecule has 0 N–H and O–H groups in total. The molecule has 25 heavy (non-hydrogen) atoms. The van der Waals surface area contributed by atoms with Crippen LogP contribution >= 0.6 is 11.6 Å². The molecule has 1 amide bonds. The summed E-state index contributed by atoms with van der Waals surface area (Å²) >= 11 is 6.17. The minimum absolute atomic E-state index is 0.182. The van der Waals surface area contributed by atoms with E-state index in [4.69, 9.17) is 16.3 Å². The van der Waals surface area contributed by atoms with E-state index in [0.29, 0.717) is 22.0 Å². The Morgan fingerprint density at radius 1 is 1.24 bits per heavy atom. The third-order valence-corrected chi connectivity index (χ3v) is 4.19. The van der Waals surface area contributed by atoms with Crippen molar-refractivity contribution in [1.82, 2.24) is 0 Å². The van der Waals surface area contributed by atoms with Gasteiger partial charge < -0.3 is 9.64 Å². The lowest BCUT2D eigenvalue weighted by Gasteiger charge is -2.19. The first kappa shape index (κ1) is 17.2. The molecule has 2 aromatic carbocycles. The van der Waals surface area contributed by atoms with Crippen LogP contribution in [0.5, 0.6) is 0 Å². The molecule has 1 heterocycles. The lowest BCUT2D eigenvalue weighted by molar-refractivity contribution is -0.147. The van der Waals surface area contributed by atoms with Gasteiger partial charge in [0.25, 0.3) is 5.91 Å². The molecule has 128 valence electrons. The highest BCUT2D eigenvalue weighted by Crippen LogP contribution is 2.30. The largest absolute Gasteiger partial charge is 0.464 e. The second-order valence-corrected chi connectivity index (χ2v) is 5.99. The van der Waals surface area contributed by atoms with Crippen molar-refractivity contribution in [2.24, 2.45) is 4.99 Å². The zero-order valence-corrected chi connectivity index (χ0v) is 14.7. The van der Waals surface area contributed by atoms with Gasteiger partial charge in [0.1, 0.15) is 0 Å². The zero-order valence-electron chi connectivity index (χ0n) is 13.9. The fraction of sp³-hybridized carbons (Fsp3) is 0.211. The maximum absolute atomic E-state index is 12.8. The summed E-state index contributed by atoms with van der Waals surface area (Å²) in [7, 11) is 1.62. The van der Waals surface area contributed by atoms with E-state index < -0.39 is 17.9 Å². The van der Waals surface area contributed by atoms with E-state index >= 15 is 0 Å². The van der Waals surface area contributed by atoms with E-state index in [-0.39, 0.29) is 6.61 Å². The van der Waals surface area contributed by atoms with Gasteiger partial charge in [0.2, 0.25) is 6.04 Å². The molecular weight excluding hydrogens is 340 g/mol. The van der Waals surface area contributed by atoms with Crippen molar-refractivity contribution in [1.29, 1.82) is 0 Å². The molecular formula is C19H17ClN2O3. The summed E-state index contributed by atoms with van der Waals surface area (Å²) in [5.41, 5.74) is 2.67. The summed E-state index contributed by atoms with van der Waals surface area (Å²) in [5, 5.41) is 0.526. The van der Waals surface area contributed by atoms with E-state index in [1.54, 1.807) is 32.2 Å². The molecule has 1 atom stereocenters. The predicted octanol–water partition coefficient (Wildman–Crippen LogP) is 3.09. The minimum Gasteiger partial charge on any atom is -0.464 e.